The molecule has 1 aromatic heterocycles. The molecule has 0 N–H and O–H groups in total. The molecule has 3 heteroatoms. The summed E-state index contributed by atoms with van der Waals surface area (Å²) in [7, 11) is 0. The van der Waals surface area contributed by atoms with Crippen LogP contribution in [-0.2, 0) is 11.2 Å². The van der Waals surface area contributed by atoms with E-state index in [1.165, 1.54) is 10.4 Å². The van der Waals surface area contributed by atoms with Gasteiger partial charge in [0, 0.05) is 11.4 Å². The molecule has 2 nitrogen and oxygen atoms in total. The van der Waals surface area contributed by atoms with Crippen LogP contribution in [0.2, 0.25) is 0 Å². The van der Waals surface area contributed by atoms with Crippen LogP contribution in [0.4, 0.5) is 5.00 Å². The zero-order valence-corrected chi connectivity index (χ0v) is 9.15. The number of carbonyl (C=O) groups excluding carboxylic acids is 1. The lowest BCUT2D eigenvalue weighted by Gasteiger charge is -2.10. The molecule has 72 valence electrons. The number of hydrogen-bond donors (Lipinski definition) is 0. The highest BCUT2D eigenvalue weighted by Gasteiger charge is 2.08. The molecule has 0 unspecified atom stereocenters. The molecule has 0 atom stereocenters. The van der Waals surface area contributed by atoms with Crippen LogP contribution >= 0.6 is 11.3 Å². The molecule has 0 aliphatic rings. The van der Waals surface area contributed by atoms with E-state index in [0.29, 0.717) is 0 Å². The lowest BCUT2D eigenvalue weighted by Crippen LogP contribution is -2.18. The fourth-order valence-electron chi connectivity index (χ4n) is 1.28. The van der Waals surface area contributed by atoms with Crippen molar-refractivity contribution in [3.8, 4) is 0 Å². The fraction of sp³-hybridized carbons (Fsp3) is 0.500. The second-order valence-corrected chi connectivity index (χ2v) is 4.05. The maximum Gasteiger partial charge on any atom is 0.214 e. The predicted molar refractivity (Wildman–Crippen MR) is 57.5 cm³/mol. The van der Waals surface area contributed by atoms with Gasteiger partial charge in [-0.05, 0) is 31.9 Å². The maximum absolute atomic E-state index is 10.7. The summed E-state index contributed by atoms with van der Waals surface area (Å²) in [5.74, 6) is 0. The van der Waals surface area contributed by atoms with Crippen LogP contribution in [-0.4, -0.2) is 13.0 Å². The van der Waals surface area contributed by atoms with E-state index in [2.05, 4.69) is 19.9 Å². The Morgan fingerprint density at radius 3 is 2.62 bits per heavy atom. The van der Waals surface area contributed by atoms with Gasteiger partial charge in [-0.1, -0.05) is 6.92 Å². The van der Waals surface area contributed by atoms with Crippen LogP contribution in [0, 0.1) is 6.92 Å². The van der Waals surface area contributed by atoms with Crippen molar-refractivity contribution < 1.29 is 4.79 Å². The monoisotopic (exact) mass is 197 g/mol. The number of nitrogens with zero attached hydrogens (tertiary/aromatic N) is 1. The molecule has 1 rings (SSSR count). The summed E-state index contributed by atoms with van der Waals surface area (Å²) < 4.78 is 0. The maximum atomic E-state index is 10.7. The highest BCUT2D eigenvalue weighted by molar-refractivity contribution is 7.16. The quantitative estimate of drug-likeness (QED) is 0.679. The summed E-state index contributed by atoms with van der Waals surface area (Å²) >= 11 is 1.71. The van der Waals surface area contributed by atoms with E-state index in [9.17, 15) is 4.79 Å². The Bertz CT molecular complexity index is 293. The molecule has 1 heterocycles. The van der Waals surface area contributed by atoms with Crippen LogP contribution in [0.25, 0.3) is 0 Å². The highest BCUT2D eigenvalue weighted by atomic mass is 32.1. The molecule has 0 aliphatic carbocycles. The summed E-state index contributed by atoms with van der Waals surface area (Å²) in [6, 6.07) is 2.08. The third-order valence-electron chi connectivity index (χ3n) is 2.08. The second kappa shape index (κ2) is 4.42. The fourth-order valence-corrected chi connectivity index (χ4v) is 2.42. The predicted octanol–water partition coefficient (Wildman–Crippen LogP) is 2.60. The normalized spacial score (nSPS) is 10.1. The number of rotatable bonds is 4. The Kier molecular flexibility index (Phi) is 3.48. The van der Waals surface area contributed by atoms with Gasteiger partial charge in [-0.2, -0.15) is 0 Å². The molecule has 1 amide bonds. The Labute approximate surface area is 83.2 Å². The van der Waals surface area contributed by atoms with E-state index in [4.69, 9.17) is 0 Å². The Morgan fingerprint density at radius 1 is 1.54 bits per heavy atom. The molecule has 0 bridgehead atoms. The minimum Gasteiger partial charge on any atom is -0.307 e. The summed E-state index contributed by atoms with van der Waals surface area (Å²) in [6.45, 7) is 6.96. The van der Waals surface area contributed by atoms with Gasteiger partial charge < -0.3 is 4.90 Å². The number of hydrogen-bond acceptors (Lipinski definition) is 2. The topological polar surface area (TPSA) is 20.3 Å². The molecule has 0 aromatic carbocycles. The van der Waals surface area contributed by atoms with Gasteiger partial charge in [0.05, 0.1) is 5.00 Å². The lowest BCUT2D eigenvalue weighted by atomic mass is 10.2. The summed E-state index contributed by atoms with van der Waals surface area (Å²) in [6.07, 6.45) is 1.94. The van der Waals surface area contributed by atoms with Gasteiger partial charge in [-0.3, -0.25) is 4.79 Å². The van der Waals surface area contributed by atoms with Gasteiger partial charge in [0.25, 0.3) is 0 Å². The van der Waals surface area contributed by atoms with Crippen LogP contribution in [0.15, 0.2) is 6.07 Å². The number of amides is 1. The molecular formula is C10H15NOS. The zero-order valence-electron chi connectivity index (χ0n) is 8.33. The molecular weight excluding hydrogens is 182 g/mol. The third-order valence-corrected chi connectivity index (χ3v) is 3.50. The van der Waals surface area contributed by atoms with Crippen LogP contribution in [0.1, 0.15) is 24.3 Å². The minimum atomic E-state index is 0.743. The lowest BCUT2D eigenvalue weighted by molar-refractivity contribution is -0.107. The van der Waals surface area contributed by atoms with E-state index in [1.54, 1.807) is 16.2 Å². The van der Waals surface area contributed by atoms with Crippen LogP contribution in [0.3, 0.4) is 0 Å². The van der Waals surface area contributed by atoms with Crippen molar-refractivity contribution in [3.05, 3.63) is 16.5 Å². The van der Waals surface area contributed by atoms with Gasteiger partial charge >= 0.3 is 0 Å². The standard InChI is InChI=1S/C10H15NOS/c1-4-9-8(3)6-10(13-9)11(5-2)7-12/h6-7H,4-5H2,1-3H3. The van der Waals surface area contributed by atoms with Crippen molar-refractivity contribution in [1.82, 2.24) is 0 Å². The summed E-state index contributed by atoms with van der Waals surface area (Å²) in [4.78, 5) is 13.8. The zero-order chi connectivity index (χ0) is 9.84. The van der Waals surface area contributed by atoms with E-state index in [1.807, 2.05) is 6.92 Å². The van der Waals surface area contributed by atoms with E-state index in [0.717, 1.165) is 24.4 Å². The van der Waals surface area contributed by atoms with Crippen molar-refractivity contribution in [2.45, 2.75) is 27.2 Å². The van der Waals surface area contributed by atoms with Gasteiger partial charge in [0.2, 0.25) is 6.41 Å². The average molecular weight is 197 g/mol. The molecule has 0 aliphatic heterocycles. The van der Waals surface area contributed by atoms with Crippen molar-refractivity contribution >= 4 is 22.7 Å². The Balaban J connectivity index is 2.94. The van der Waals surface area contributed by atoms with Crippen molar-refractivity contribution in [1.29, 1.82) is 0 Å². The molecule has 0 saturated heterocycles. The molecule has 1 aromatic rings. The first-order valence-corrected chi connectivity index (χ1v) is 5.35. The van der Waals surface area contributed by atoms with Crippen molar-refractivity contribution in [2.24, 2.45) is 0 Å². The van der Waals surface area contributed by atoms with Gasteiger partial charge in [0.1, 0.15) is 0 Å². The average Bonchev–Trinajstić information content (AvgIpc) is 2.49. The van der Waals surface area contributed by atoms with Gasteiger partial charge in [0.15, 0.2) is 0 Å². The number of carbonyl (C=O) groups is 1. The van der Waals surface area contributed by atoms with Gasteiger partial charge in [-0.15, -0.1) is 11.3 Å². The molecule has 0 saturated carbocycles. The van der Waals surface area contributed by atoms with Crippen molar-refractivity contribution in [2.75, 3.05) is 11.4 Å². The molecule has 0 radical (unpaired) electrons. The van der Waals surface area contributed by atoms with Crippen LogP contribution in [0.5, 0.6) is 0 Å². The first-order valence-electron chi connectivity index (χ1n) is 4.54. The SMILES string of the molecule is CCc1sc(N(C=O)CC)cc1C. The molecule has 0 fully saturated rings. The molecule has 13 heavy (non-hydrogen) atoms. The smallest absolute Gasteiger partial charge is 0.214 e. The van der Waals surface area contributed by atoms with E-state index >= 15 is 0 Å². The summed E-state index contributed by atoms with van der Waals surface area (Å²) in [5, 5.41) is 1.06. The summed E-state index contributed by atoms with van der Waals surface area (Å²) in [5.41, 5.74) is 1.29. The van der Waals surface area contributed by atoms with Gasteiger partial charge in [-0.25, -0.2) is 0 Å². The minimum absolute atomic E-state index is 0.743. The first kappa shape index (κ1) is 10.3. The molecule has 0 spiro atoms. The first-order chi connectivity index (χ1) is 6.22. The second-order valence-electron chi connectivity index (χ2n) is 2.94. The number of anilines is 1. The van der Waals surface area contributed by atoms with E-state index < -0.39 is 0 Å². The number of thiophene rings is 1. The Morgan fingerprint density at radius 2 is 2.23 bits per heavy atom. The Hall–Kier alpha value is -0.830. The van der Waals surface area contributed by atoms with E-state index in [-0.39, 0.29) is 0 Å². The highest BCUT2D eigenvalue weighted by Crippen LogP contribution is 2.29. The third kappa shape index (κ3) is 2.10. The largest absolute Gasteiger partial charge is 0.307 e. The van der Waals surface area contributed by atoms with Crippen LogP contribution < -0.4 is 4.90 Å². The number of aryl methyl sites for hydroxylation is 2. The van der Waals surface area contributed by atoms with Crippen molar-refractivity contribution in [3.63, 3.8) is 0 Å².